The molecular formula is C14H28N2S. The van der Waals surface area contributed by atoms with Gasteiger partial charge in [0.15, 0.2) is 0 Å². The van der Waals surface area contributed by atoms with Gasteiger partial charge in [-0.3, -0.25) is 4.90 Å². The maximum absolute atomic E-state index is 3.73. The highest BCUT2D eigenvalue weighted by atomic mass is 32.2. The third-order valence-electron chi connectivity index (χ3n) is 4.21. The van der Waals surface area contributed by atoms with Gasteiger partial charge in [0, 0.05) is 25.2 Å². The van der Waals surface area contributed by atoms with Gasteiger partial charge in [0.1, 0.15) is 0 Å². The second-order valence-electron chi connectivity index (χ2n) is 5.75. The molecule has 0 radical (unpaired) electrons. The molecule has 2 unspecified atom stereocenters. The van der Waals surface area contributed by atoms with E-state index < -0.39 is 0 Å². The van der Waals surface area contributed by atoms with Gasteiger partial charge in [0.05, 0.1) is 0 Å². The van der Waals surface area contributed by atoms with E-state index in [4.69, 9.17) is 0 Å². The number of nitrogens with zero attached hydrogens (tertiary/aromatic N) is 1. The van der Waals surface area contributed by atoms with Crippen molar-refractivity contribution >= 4 is 11.8 Å². The summed E-state index contributed by atoms with van der Waals surface area (Å²) in [6.45, 7) is 6.19. The molecule has 1 aliphatic heterocycles. The number of thioether (sulfide) groups is 1. The predicted octanol–water partition coefficient (Wildman–Crippen LogP) is 2.59. The fraction of sp³-hybridized carbons (Fsp3) is 1.00. The van der Waals surface area contributed by atoms with Crippen molar-refractivity contribution in [1.82, 2.24) is 10.2 Å². The number of rotatable bonds is 7. The van der Waals surface area contributed by atoms with Crippen LogP contribution in [-0.2, 0) is 0 Å². The first-order valence-corrected chi connectivity index (χ1v) is 8.67. The molecule has 2 aliphatic rings. The van der Waals surface area contributed by atoms with E-state index in [2.05, 4.69) is 23.4 Å². The Morgan fingerprint density at radius 3 is 2.76 bits per heavy atom. The van der Waals surface area contributed by atoms with Crippen LogP contribution in [0.3, 0.4) is 0 Å². The zero-order chi connectivity index (χ0) is 12.1. The molecule has 17 heavy (non-hydrogen) atoms. The van der Waals surface area contributed by atoms with Gasteiger partial charge < -0.3 is 5.32 Å². The SMILES string of the molecule is CSCCCCCN1CC(C2CC2)NCC1C. The first-order valence-electron chi connectivity index (χ1n) is 7.27. The van der Waals surface area contributed by atoms with Crippen LogP contribution in [0.5, 0.6) is 0 Å². The molecule has 100 valence electrons. The molecule has 2 rings (SSSR count). The number of nitrogens with one attached hydrogen (secondary N) is 1. The van der Waals surface area contributed by atoms with Gasteiger partial charge in [-0.15, -0.1) is 0 Å². The molecule has 0 aromatic rings. The van der Waals surface area contributed by atoms with Gasteiger partial charge >= 0.3 is 0 Å². The quantitative estimate of drug-likeness (QED) is 0.705. The number of hydrogen-bond donors (Lipinski definition) is 1. The fourth-order valence-electron chi connectivity index (χ4n) is 2.81. The van der Waals surface area contributed by atoms with Gasteiger partial charge in [-0.2, -0.15) is 11.8 Å². The number of piperazine rings is 1. The number of hydrogen-bond acceptors (Lipinski definition) is 3. The Bertz CT molecular complexity index is 218. The lowest BCUT2D eigenvalue weighted by Gasteiger charge is -2.39. The van der Waals surface area contributed by atoms with Crippen LogP contribution >= 0.6 is 11.8 Å². The van der Waals surface area contributed by atoms with Crippen LogP contribution in [0.15, 0.2) is 0 Å². The molecule has 1 saturated carbocycles. The molecule has 0 aromatic carbocycles. The summed E-state index contributed by atoms with van der Waals surface area (Å²) in [5.74, 6) is 2.34. The minimum atomic E-state index is 0.741. The number of unbranched alkanes of at least 4 members (excludes halogenated alkanes) is 2. The van der Waals surface area contributed by atoms with E-state index in [9.17, 15) is 0 Å². The minimum absolute atomic E-state index is 0.741. The van der Waals surface area contributed by atoms with Gasteiger partial charge in [-0.1, -0.05) is 6.42 Å². The van der Waals surface area contributed by atoms with E-state index in [1.54, 1.807) is 0 Å². The molecule has 2 fully saturated rings. The van der Waals surface area contributed by atoms with Crippen molar-refractivity contribution in [3.05, 3.63) is 0 Å². The van der Waals surface area contributed by atoms with Crippen molar-refractivity contribution in [3.8, 4) is 0 Å². The summed E-state index contributed by atoms with van der Waals surface area (Å²) in [6, 6.07) is 1.54. The lowest BCUT2D eigenvalue weighted by Crippen LogP contribution is -2.56. The van der Waals surface area contributed by atoms with E-state index in [1.807, 2.05) is 11.8 Å². The summed E-state index contributed by atoms with van der Waals surface area (Å²) >= 11 is 1.98. The van der Waals surface area contributed by atoms with Gasteiger partial charge in [-0.25, -0.2) is 0 Å². The fourth-order valence-corrected chi connectivity index (χ4v) is 3.31. The molecule has 3 heteroatoms. The van der Waals surface area contributed by atoms with Crippen molar-refractivity contribution in [2.75, 3.05) is 31.6 Å². The van der Waals surface area contributed by atoms with Gasteiger partial charge in [-0.05, 0) is 57.1 Å². The largest absolute Gasteiger partial charge is 0.311 e. The zero-order valence-corrected chi connectivity index (χ0v) is 12.3. The highest BCUT2D eigenvalue weighted by Gasteiger charge is 2.35. The lowest BCUT2D eigenvalue weighted by molar-refractivity contribution is 0.130. The smallest absolute Gasteiger partial charge is 0.0224 e. The summed E-state index contributed by atoms with van der Waals surface area (Å²) in [7, 11) is 0. The topological polar surface area (TPSA) is 15.3 Å². The average Bonchev–Trinajstić information content (AvgIpc) is 3.15. The van der Waals surface area contributed by atoms with Crippen molar-refractivity contribution < 1.29 is 0 Å². The average molecular weight is 256 g/mol. The summed E-state index contributed by atoms with van der Waals surface area (Å²) in [4.78, 5) is 2.72. The molecule has 0 bridgehead atoms. The highest BCUT2D eigenvalue weighted by Crippen LogP contribution is 2.34. The molecule has 1 saturated heterocycles. The molecule has 0 spiro atoms. The minimum Gasteiger partial charge on any atom is -0.311 e. The monoisotopic (exact) mass is 256 g/mol. The summed E-state index contributed by atoms with van der Waals surface area (Å²) in [5, 5.41) is 3.73. The van der Waals surface area contributed by atoms with E-state index in [1.165, 1.54) is 57.5 Å². The highest BCUT2D eigenvalue weighted by molar-refractivity contribution is 7.98. The summed E-state index contributed by atoms with van der Waals surface area (Å²) in [5.41, 5.74) is 0. The predicted molar refractivity (Wildman–Crippen MR) is 77.8 cm³/mol. The molecule has 0 aromatic heterocycles. The van der Waals surface area contributed by atoms with E-state index in [0.29, 0.717) is 0 Å². The maximum atomic E-state index is 3.73. The molecule has 1 aliphatic carbocycles. The first-order chi connectivity index (χ1) is 8.31. The van der Waals surface area contributed by atoms with Crippen molar-refractivity contribution in [2.45, 2.75) is 51.1 Å². The Morgan fingerprint density at radius 1 is 1.24 bits per heavy atom. The van der Waals surface area contributed by atoms with Crippen LogP contribution in [0, 0.1) is 5.92 Å². The van der Waals surface area contributed by atoms with Crippen molar-refractivity contribution in [3.63, 3.8) is 0 Å². The molecule has 1 heterocycles. The first kappa shape index (κ1) is 13.7. The second-order valence-corrected chi connectivity index (χ2v) is 6.74. The summed E-state index contributed by atoms with van der Waals surface area (Å²) < 4.78 is 0. The Kier molecular flexibility index (Phi) is 5.64. The Labute approximate surface area is 111 Å². The van der Waals surface area contributed by atoms with E-state index >= 15 is 0 Å². The summed E-state index contributed by atoms with van der Waals surface area (Å²) in [6.07, 6.45) is 9.33. The van der Waals surface area contributed by atoms with E-state index in [0.717, 1.165) is 18.0 Å². The maximum Gasteiger partial charge on any atom is 0.0224 e. The lowest BCUT2D eigenvalue weighted by atomic mass is 10.1. The van der Waals surface area contributed by atoms with Crippen LogP contribution in [0.25, 0.3) is 0 Å². The zero-order valence-electron chi connectivity index (χ0n) is 11.5. The third kappa shape index (κ3) is 4.46. The Balaban J connectivity index is 1.63. The van der Waals surface area contributed by atoms with Gasteiger partial charge in [0.25, 0.3) is 0 Å². The molecule has 2 atom stereocenters. The molecule has 1 N–H and O–H groups in total. The van der Waals surface area contributed by atoms with Crippen LogP contribution in [0.2, 0.25) is 0 Å². The van der Waals surface area contributed by atoms with Crippen LogP contribution in [0.1, 0.15) is 39.0 Å². The molecule has 0 amide bonds. The molecular weight excluding hydrogens is 228 g/mol. The third-order valence-corrected chi connectivity index (χ3v) is 4.91. The normalized spacial score (nSPS) is 30.7. The van der Waals surface area contributed by atoms with E-state index in [-0.39, 0.29) is 0 Å². The Hall–Kier alpha value is 0.270. The second kappa shape index (κ2) is 7.01. The van der Waals surface area contributed by atoms with Gasteiger partial charge in [0.2, 0.25) is 0 Å². The molecule has 2 nitrogen and oxygen atoms in total. The van der Waals surface area contributed by atoms with Crippen LogP contribution in [0.4, 0.5) is 0 Å². The Morgan fingerprint density at radius 2 is 2.06 bits per heavy atom. The van der Waals surface area contributed by atoms with Crippen molar-refractivity contribution in [1.29, 1.82) is 0 Å². The van der Waals surface area contributed by atoms with Crippen LogP contribution < -0.4 is 5.32 Å². The van der Waals surface area contributed by atoms with Crippen molar-refractivity contribution in [2.24, 2.45) is 5.92 Å². The van der Waals surface area contributed by atoms with Crippen LogP contribution in [-0.4, -0.2) is 48.6 Å². The standard InChI is InChI=1S/C14H28N2S/c1-12-10-15-14(13-6-7-13)11-16(12)8-4-3-5-9-17-2/h12-15H,3-11H2,1-2H3.